The minimum absolute atomic E-state index is 0.0528. The molecule has 2 aromatic rings. The van der Waals surface area contributed by atoms with Gasteiger partial charge in [0.1, 0.15) is 5.82 Å². The van der Waals surface area contributed by atoms with Crippen LogP contribution in [0.3, 0.4) is 0 Å². The van der Waals surface area contributed by atoms with Crippen molar-refractivity contribution in [2.45, 2.75) is 32.0 Å². The number of aryl methyl sites for hydroxylation is 2. The zero-order valence-corrected chi connectivity index (χ0v) is 14.5. The predicted octanol–water partition coefficient (Wildman–Crippen LogP) is 2.66. The van der Waals surface area contributed by atoms with Crippen molar-refractivity contribution >= 4 is 23.4 Å². The summed E-state index contributed by atoms with van der Waals surface area (Å²) in [5.41, 5.74) is 1.97. The SMILES string of the molecule is COCCCn1c(C)nnc1SCC(=O)Nc1ccc(C)cc1. The van der Waals surface area contributed by atoms with E-state index in [1.54, 1.807) is 7.11 Å². The minimum atomic E-state index is -0.0528. The monoisotopic (exact) mass is 334 g/mol. The Morgan fingerprint density at radius 1 is 1.26 bits per heavy atom. The van der Waals surface area contributed by atoms with Crippen molar-refractivity contribution in [1.29, 1.82) is 0 Å². The maximum absolute atomic E-state index is 12.0. The summed E-state index contributed by atoms with van der Waals surface area (Å²) in [6.45, 7) is 5.40. The second-order valence-corrected chi connectivity index (χ2v) is 6.17. The fourth-order valence-electron chi connectivity index (χ4n) is 2.06. The van der Waals surface area contributed by atoms with Crippen molar-refractivity contribution in [2.75, 3.05) is 24.8 Å². The topological polar surface area (TPSA) is 69.0 Å². The molecule has 1 N–H and O–H groups in total. The van der Waals surface area contributed by atoms with Crippen LogP contribution in [-0.4, -0.2) is 40.1 Å². The molecule has 0 aliphatic heterocycles. The summed E-state index contributed by atoms with van der Waals surface area (Å²) in [6.07, 6.45) is 0.887. The Hall–Kier alpha value is -1.86. The highest BCUT2D eigenvalue weighted by molar-refractivity contribution is 7.99. The third-order valence-electron chi connectivity index (χ3n) is 3.30. The molecule has 0 aliphatic carbocycles. The third-order valence-corrected chi connectivity index (χ3v) is 4.27. The number of aromatic nitrogens is 3. The predicted molar refractivity (Wildman–Crippen MR) is 91.8 cm³/mol. The molecule has 1 amide bonds. The number of carbonyl (C=O) groups is 1. The van der Waals surface area contributed by atoms with Crippen LogP contribution in [0.1, 0.15) is 17.8 Å². The van der Waals surface area contributed by atoms with E-state index in [4.69, 9.17) is 4.74 Å². The molecular formula is C16H22N4O2S. The van der Waals surface area contributed by atoms with Crippen LogP contribution in [0, 0.1) is 13.8 Å². The highest BCUT2D eigenvalue weighted by Crippen LogP contribution is 2.18. The molecule has 124 valence electrons. The van der Waals surface area contributed by atoms with E-state index in [-0.39, 0.29) is 5.91 Å². The Balaban J connectivity index is 1.87. The first kappa shape index (κ1) is 17.5. The number of ether oxygens (including phenoxy) is 1. The Bertz CT molecular complexity index is 640. The lowest BCUT2D eigenvalue weighted by molar-refractivity contribution is -0.113. The number of hydrogen-bond donors (Lipinski definition) is 1. The number of methoxy groups -OCH3 is 1. The first-order valence-electron chi connectivity index (χ1n) is 7.48. The summed E-state index contributed by atoms with van der Waals surface area (Å²) in [6, 6.07) is 7.74. The van der Waals surface area contributed by atoms with Crippen molar-refractivity contribution in [3.63, 3.8) is 0 Å². The van der Waals surface area contributed by atoms with Gasteiger partial charge >= 0.3 is 0 Å². The first-order chi connectivity index (χ1) is 11.1. The van der Waals surface area contributed by atoms with Gasteiger partial charge in [-0.15, -0.1) is 10.2 Å². The Morgan fingerprint density at radius 2 is 2.00 bits per heavy atom. The van der Waals surface area contributed by atoms with E-state index in [1.807, 2.05) is 42.7 Å². The summed E-state index contributed by atoms with van der Waals surface area (Å²) < 4.78 is 7.08. The smallest absolute Gasteiger partial charge is 0.234 e. The molecule has 23 heavy (non-hydrogen) atoms. The number of benzene rings is 1. The van der Waals surface area contributed by atoms with E-state index >= 15 is 0 Å². The fraction of sp³-hybridized carbons (Fsp3) is 0.438. The Morgan fingerprint density at radius 3 is 2.70 bits per heavy atom. The number of hydrogen-bond acceptors (Lipinski definition) is 5. The summed E-state index contributed by atoms with van der Waals surface area (Å²) >= 11 is 1.39. The molecule has 2 rings (SSSR count). The van der Waals surface area contributed by atoms with E-state index in [0.717, 1.165) is 35.2 Å². The van der Waals surface area contributed by atoms with E-state index in [1.165, 1.54) is 11.8 Å². The van der Waals surface area contributed by atoms with Gasteiger partial charge < -0.3 is 14.6 Å². The van der Waals surface area contributed by atoms with Crippen LogP contribution in [0.15, 0.2) is 29.4 Å². The van der Waals surface area contributed by atoms with Crippen molar-refractivity contribution in [3.8, 4) is 0 Å². The molecule has 0 atom stereocenters. The van der Waals surface area contributed by atoms with Gasteiger partial charge in [0.2, 0.25) is 5.91 Å². The first-order valence-corrected chi connectivity index (χ1v) is 8.47. The average Bonchev–Trinajstić information content (AvgIpc) is 2.88. The van der Waals surface area contributed by atoms with E-state index in [9.17, 15) is 4.79 Å². The molecule has 1 aromatic carbocycles. The lowest BCUT2D eigenvalue weighted by Gasteiger charge is -2.08. The maximum atomic E-state index is 12.0. The summed E-state index contributed by atoms with van der Waals surface area (Å²) in [7, 11) is 1.68. The zero-order chi connectivity index (χ0) is 16.7. The molecule has 1 aromatic heterocycles. The molecule has 0 saturated heterocycles. The quantitative estimate of drug-likeness (QED) is 0.594. The minimum Gasteiger partial charge on any atom is -0.385 e. The van der Waals surface area contributed by atoms with Crippen LogP contribution < -0.4 is 5.32 Å². The number of amides is 1. The third kappa shape index (κ3) is 5.37. The Kier molecular flexibility index (Phi) is 6.61. The van der Waals surface area contributed by atoms with Gasteiger partial charge in [0.05, 0.1) is 5.75 Å². The second-order valence-electron chi connectivity index (χ2n) is 5.23. The molecule has 0 saturated carbocycles. The van der Waals surface area contributed by atoms with Gasteiger partial charge in [0, 0.05) is 25.9 Å². The van der Waals surface area contributed by atoms with Gasteiger partial charge in [0.25, 0.3) is 0 Å². The van der Waals surface area contributed by atoms with E-state index < -0.39 is 0 Å². The lowest BCUT2D eigenvalue weighted by Crippen LogP contribution is -2.15. The van der Waals surface area contributed by atoms with Gasteiger partial charge in [-0.05, 0) is 32.4 Å². The van der Waals surface area contributed by atoms with E-state index in [2.05, 4.69) is 15.5 Å². The highest BCUT2D eigenvalue weighted by atomic mass is 32.2. The average molecular weight is 334 g/mol. The van der Waals surface area contributed by atoms with Gasteiger partial charge in [0.15, 0.2) is 5.16 Å². The molecule has 0 aliphatic rings. The standard InChI is InChI=1S/C16H22N4O2S/c1-12-5-7-14(8-6-12)17-15(21)11-23-16-19-18-13(2)20(16)9-4-10-22-3/h5-8H,4,9-11H2,1-3H3,(H,17,21). The number of nitrogens with one attached hydrogen (secondary N) is 1. The number of rotatable bonds is 8. The van der Waals surface area contributed by atoms with Crippen LogP contribution in [0.5, 0.6) is 0 Å². The molecule has 0 unspecified atom stereocenters. The molecule has 1 heterocycles. The van der Waals surface area contributed by atoms with Crippen LogP contribution in [0.25, 0.3) is 0 Å². The highest BCUT2D eigenvalue weighted by Gasteiger charge is 2.11. The molecule has 7 heteroatoms. The molecule has 0 fully saturated rings. The van der Waals surface area contributed by atoms with Crippen molar-refractivity contribution in [2.24, 2.45) is 0 Å². The summed E-state index contributed by atoms with van der Waals surface area (Å²) in [4.78, 5) is 12.0. The van der Waals surface area contributed by atoms with Crippen LogP contribution >= 0.6 is 11.8 Å². The largest absolute Gasteiger partial charge is 0.385 e. The molecule has 0 bridgehead atoms. The van der Waals surface area contributed by atoms with Crippen LogP contribution in [-0.2, 0) is 16.1 Å². The maximum Gasteiger partial charge on any atom is 0.234 e. The second kappa shape index (κ2) is 8.69. The number of thioether (sulfide) groups is 1. The van der Waals surface area contributed by atoms with Gasteiger partial charge in [-0.3, -0.25) is 4.79 Å². The fourth-order valence-corrected chi connectivity index (χ4v) is 2.87. The number of nitrogens with zero attached hydrogens (tertiary/aromatic N) is 3. The molecule has 0 spiro atoms. The number of anilines is 1. The summed E-state index contributed by atoms with van der Waals surface area (Å²) in [5, 5.41) is 11.9. The molecule has 0 radical (unpaired) electrons. The van der Waals surface area contributed by atoms with Crippen LogP contribution in [0.2, 0.25) is 0 Å². The number of carbonyl (C=O) groups excluding carboxylic acids is 1. The Labute approximate surface area is 140 Å². The van der Waals surface area contributed by atoms with Crippen LogP contribution in [0.4, 0.5) is 5.69 Å². The van der Waals surface area contributed by atoms with E-state index in [0.29, 0.717) is 12.4 Å². The zero-order valence-electron chi connectivity index (χ0n) is 13.7. The van der Waals surface area contributed by atoms with Gasteiger partial charge in [-0.2, -0.15) is 0 Å². The van der Waals surface area contributed by atoms with Gasteiger partial charge in [-0.25, -0.2) is 0 Å². The van der Waals surface area contributed by atoms with Crippen molar-refractivity contribution in [3.05, 3.63) is 35.7 Å². The lowest BCUT2D eigenvalue weighted by atomic mass is 10.2. The van der Waals surface area contributed by atoms with Crippen molar-refractivity contribution < 1.29 is 9.53 Å². The molecular weight excluding hydrogens is 312 g/mol. The van der Waals surface area contributed by atoms with Gasteiger partial charge in [-0.1, -0.05) is 29.5 Å². The summed E-state index contributed by atoms with van der Waals surface area (Å²) in [5.74, 6) is 1.10. The molecule has 6 nitrogen and oxygen atoms in total. The normalized spacial score (nSPS) is 10.7. The van der Waals surface area contributed by atoms with Crippen molar-refractivity contribution in [1.82, 2.24) is 14.8 Å².